The fourth-order valence-corrected chi connectivity index (χ4v) is 5.79. The lowest BCUT2D eigenvalue weighted by Crippen LogP contribution is -2.54. The van der Waals surface area contributed by atoms with Crippen LogP contribution in [0.25, 0.3) is 0 Å². The number of benzene rings is 3. The van der Waals surface area contributed by atoms with Crippen molar-refractivity contribution >= 4 is 27.5 Å². The maximum atomic E-state index is 14.3. The van der Waals surface area contributed by atoms with Gasteiger partial charge in [-0.15, -0.1) is 0 Å². The number of anilines is 1. The smallest absolute Gasteiger partial charge is 0.244 e. The lowest BCUT2D eigenvalue weighted by molar-refractivity contribution is -0.140. The minimum absolute atomic E-state index is 0.128. The Kier molecular flexibility index (Phi) is 10.1. The molecule has 0 fully saturated rings. The fourth-order valence-electron chi connectivity index (χ4n) is 4.73. The van der Waals surface area contributed by atoms with Gasteiger partial charge in [0.25, 0.3) is 0 Å². The number of fused-ring (bicyclic) bond motifs is 1. The van der Waals surface area contributed by atoms with Gasteiger partial charge in [-0.05, 0) is 51.0 Å². The molecule has 1 N–H and O–H groups in total. The van der Waals surface area contributed by atoms with Crippen LogP contribution in [-0.2, 0) is 32.6 Å². The van der Waals surface area contributed by atoms with Gasteiger partial charge in [-0.3, -0.25) is 13.9 Å². The molecule has 10 heteroatoms. The normalized spacial score (nSPS) is 13.4. The molecule has 1 heterocycles. The van der Waals surface area contributed by atoms with Crippen molar-refractivity contribution < 1.29 is 27.5 Å². The molecule has 0 spiro atoms. The van der Waals surface area contributed by atoms with E-state index in [1.807, 2.05) is 75.4 Å². The molecule has 2 amide bonds. The van der Waals surface area contributed by atoms with Crippen molar-refractivity contribution in [2.75, 3.05) is 29.8 Å². The Bertz CT molecular complexity index is 1480. The molecule has 224 valence electrons. The van der Waals surface area contributed by atoms with Gasteiger partial charge in [0.2, 0.25) is 21.8 Å². The summed E-state index contributed by atoms with van der Waals surface area (Å²) in [5.74, 6) is -0.0915. The van der Waals surface area contributed by atoms with Gasteiger partial charge < -0.3 is 19.7 Å². The zero-order chi connectivity index (χ0) is 30.3. The molecule has 0 aliphatic carbocycles. The summed E-state index contributed by atoms with van der Waals surface area (Å²) in [6.07, 6.45) is 0.265. The Balaban J connectivity index is 1.74. The molecule has 0 unspecified atom stereocenters. The number of rotatable bonds is 12. The summed E-state index contributed by atoms with van der Waals surface area (Å²) in [6, 6.07) is 21.0. The molecule has 3 aromatic carbocycles. The van der Waals surface area contributed by atoms with Crippen LogP contribution < -0.4 is 19.1 Å². The fraction of sp³-hybridized carbons (Fsp3) is 0.375. The molecule has 0 saturated carbocycles. The Hall–Kier alpha value is -4.05. The van der Waals surface area contributed by atoms with E-state index >= 15 is 0 Å². The maximum absolute atomic E-state index is 14.3. The zero-order valence-electron chi connectivity index (χ0n) is 24.6. The second-order valence-electron chi connectivity index (χ2n) is 10.6. The van der Waals surface area contributed by atoms with Crippen molar-refractivity contribution in [2.45, 2.75) is 52.7 Å². The molecule has 1 atom stereocenters. The number of nitrogens with zero attached hydrogens (tertiary/aromatic N) is 2. The number of hydrogen-bond acceptors (Lipinski definition) is 6. The summed E-state index contributed by atoms with van der Waals surface area (Å²) in [5, 5.41) is 2.96. The van der Waals surface area contributed by atoms with E-state index < -0.39 is 28.5 Å². The first-order chi connectivity index (χ1) is 20.1. The number of aryl methyl sites for hydroxylation is 1. The van der Waals surface area contributed by atoms with Gasteiger partial charge >= 0.3 is 0 Å². The zero-order valence-corrected chi connectivity index (χ0v) is 25.4. The third kappa shape index (κ3) is 7.82. The van der Waals surface area contributed by atoms with E-state index in [-0.39, 0.29) is 36.4 Å². The predicted octanol–water partition coefficient (Wildman–Crippen LogP) is 4.09. The van der Waals surface area contributed by atoms with Crippen LogP contribution in [0.4, 0.5) is 5.69 Å². The van der Waals surface area contributed by atoms with E-state index in [4.69, 9.17) is 9.47 Å². The molecule has 0 radical (unpaired) electrons. The van der Waals surface area contributed by atoms with Crippen molar-refractivity contribution in [3.8, 4) is 11.5 Å². The first-order valence-electron chi connectivity index (χ1n) is 14.2. The van der Waals surface area contributed by atoms with Crippen molar-refractivity contribution in [3.05, 3.63) is 89.5 Å². The van der Waals surface area contributed by atoms with Crippen molar-refractivity contribution in [3.63, 3.8) is 0 Å². The van der Waals surface area contributed by atoms with E-state index in [9.17, 15) is 18.0 Å². The Morgan fingerprint density at radius 3 is 2.21 bits per heavy atom. The highest BCUT2D eigenvalue weighted by Gasteiger charge is 2.34. The van der Waals surface area contributed by atoms with Crippen molar-refractivity contribution in [1.29, 1.82) is 0 Å². The SMILES string of the molecule is CCS(=O)(=O)N(CC(=O)N(Cc1ccc(C)cc1)[C@H](Cc1ccccc1)C(=O)NC(C)C)c1ccc2c(c1)OCCO2. The molecule has 1 aliphatic rings. The number of sulfonamides is 1. The van der Waals surface area contributed by atoms with Gasteiger partial charge in [0.05, 0.1) is 11.4 Å². The van der Waals surface area contributed by atoms with Crippen LogP contribution in [-0.4, -0.2) is 62.7 Å². The minimum atomic E-state index is -3.88. The second-order valence-corrected chi connectivity index (χ2v) is 12.8. The van der Waals surface area contributed by atoms with E-state index in [0.717, 1.165) is 21.0 Å². The standard InChI is InChI=1S/C32H39N3O6S/c1-5-42(38,39)35(27-15-16-29-30(20-27)41-18-17-40-29)22-31(36)34(21-26-13-11-24(4)12-14-26)28(32(37)33-23(2)3)19-25-9-7-6-8-10-25/h6-16,20,23,28H,5,17-19,21-22H2,1-4H3,(H,33,37)/t28-/m1/s1. The second kappa shape index (κ2) is 13.7. The number of hydrogen-bond donors (Lipinski definition) is 1. The van der Waals surface area contributed by atoms with Crippen molar-refractivity contribution in [2.24, 2.45) is 0 Å². The van der Waals surface area contributed by atoms with E-state index in [2.05, 4.69) is 5.32 Å². The molecule has 0 aromatic heterocycles. The number of ether oxygens (including phenoxy) is 2. The molecule has 42 heavy (non-hydrogen) atoms. The highest BCUT2D eigenvalue weighted by molar-refractivity contribution is 7.92. The first-order valence-corrected chi connectivity index (χ1v) is 15.8. The highest BCUT2D eigenvalue weighted by atomic mass is 32.2. The Morgan fingerprint density at radius 2 is 1.57 bits per heavy atom. The van der Waals surface area contributed by atoms with Gasteiger partial charge in [-0.25, -0.2) is 8.42 Å². The van der Waals surface area contributed by atoms with Crippen LogP contribution in [0, 0.1) is 6.92 Å². The molecule has 0 saturated heterocycles. The Morgan fingerprint density at radius 1 is 0.905 bits per heavy atom. The van der Waals surface area contributed by atoms with Crippen LogP contribution >= 0.6 is 0 Å². The maximum Gasteiger partial charge on any atom is 0.244 e. The molecule has 3 aromatic rings. The molecule has 1 aliphatic heterocycles. The van der Waals surface area contributed by atoms with Crippen molar-refractivity contribution in [1.82, 2.24) is 10.2 Å². The summed E-state index contributed by atoms with van der Waals surface area (Å²) >= 11 is 0. The average Bonchev–Trinajstić information content (AvgIpc) is 2.98. The lowest BCUT2D eigenvalue weighted by atomic mass is 10.0. The number of nitrogens with one attached hydrogen (secondary N) is 1. The lowest BCUT2D eigenvalue weighted by Gasteiger charge is -2.34. The minimum Gasteiger partial charge on any atom is -0.486 e. The average molecular weight is 594 g/mol. The van der Waals surface area contributed by atoms with Crippen LogP contribution in [0.2, 0.25) is 0 Å². The topological polar surface area (TPSA) is 105 Å². The van der Waals surface area contributed by atoms with E-state index in [1.54, 1.807) is 18.2 Å². The number of carbonyl (C=O) groups excluding carboxylic acids is 2. The summed E-state index contributed by atoms with van der Waals surface area (Å²) in [7, 11) is -3.88. The van der Waals surface area contributed by atoms with Gasteiger partial charge in [-0.1, -0.05) is 60.2 Å². The highest BCUT2D eigenvalue weighted by Crippen LogP contribution is 2.35. The van der Waals surface area contributed by atoms with E-state index in [1.165, 1.54) is 11.8 Å². The molecule has 0 bridgehead atoms. The summed E-state index contributed by atoms with van der Waals surface area (Å²) < 4.78 is 39.1. The number of amides is 2. The molecule has 9 nitrogen and oxygen atoms in total. The van der Waals surface area contributed by atoms with Crippen LogP contribution in [0.1, 0.15) is 37.5 Å². The summed E-state index contributed by atoms with van der Waals surface area (Å²) in [6.45, 7) is 7.61. The third-order valence-electron chi connectivity index (χ3n) is 6.97. The molecular formula is C32H39N3O6S. The van der Waals surface area contributed by atoms with Gasteiger partial charge in [0, 0.05) is 25.1 Å². The van der Waals surface area contributed by atoms with Gasteiger partial charge in [0.15, 0.2) is 11.5 Å². The van der Waals surface area contributed by atoms with Crippen LogP contribution in [0.5, 0.6) is 11.5 Å². The Labute approximate surface area is 248 Å². The third-order valence-corrected chi connectivity index (χ3v) is 8.71. The largest absolute Gasteiger partial charge is 0.486 e. The quantitative estimate of drug-likeness (QED) is 0.339. The van der Waals surface area contributed by atoms with Crippen LogP contribution in [0.3, 0.4) is 0 Å². The van der Waals surface area contributed by atoms with Crippen LogP contribution in [0.15, 0.2) is 72.8 Å². The molecule has 4 rings (SSSR count). The van der Waals surface area contributed by atoms with Gasteiger partial charge in [-0.2, -0.15) is 0 Å². The first kappa shape index (κ1) is 30.9. The number of carbonyl (C=O) groups is 2. The van der Waals surface area contributed by atoms with E-state index in [0.29, 0.717) is 24.7 Å². The van der Waals surface area contributed by atoms with Gasteiger partial charge in [0.1, 0.15) is 25.8 Å². The monoisotopic (exact) mass is 593 g/mol. The summed E-state index contributed by atoms with van der Waals surface area (Å²) in [5.41, 5.74) is 3.06. The molecular weight excluding hydrogens is 554 g/mol. The predicted molar refractivity (Wildman–Crippen MR) is 163 cm³/mol. The summed E-state index contributed by atoms with van der Waals surface area (Å²) in [4.78, 5) is 29.4.